The predicted octanol–water partition coefficient (Wildman–Crippen LogP) is 2.31. The molecule has 0 unspecified atom stereocenters. The minimum Gasteiger partial charge on any atom is -0.358 e. The topological polar surface area (TPSA) is 154 Å². The number of nitro benzene ring substituents is 2. The summed E-state index contributed by atoms with van der Waals surface area (Å²) in [6, 6.07) is 2.86. The van der Waals surface area contributed by atoms with Crippen molar-refractivity contribution in [2.75, 3.05) is 5.43 Å². The molecule has 0 saturated heterocycles. The van der Waals surface area contributed by atoms with E-state index >= 15 is 0 Å². The highest BCUT2D eigenvalue weighted by Crippen LogP contribution is 2.28. The van der Waals surface area contributed by atoms with Gasteiger partial charge in [0.25, 0.3) is 5.69 Å². The molecule has 0 atom stereocenters. The first kappa shape index (κ1) is 15.9. The van der Waals surface area contributed by atoms with E-state index in [4.69, 9.17) is 0 Å². The lowest BCUT2D eigenvalue weighted by Gasteiger charge is -2.00. The van der Waals surface area contributed by atoms with Gasteiger partial charge in [-0.3, -0.25) is 20.2 Å². The summed E-state index contributed by atoms with van der Waals surface area (Å²) < 4.78 is 0. The zero-order valence-corrected chi connectivity index (χ0v) is 10.9. The number of non-ortho nitro benzene ring substituents is 1. The van der Waals surface area contributed by atoms with Gasteiger partial charge in [-0.25, -0.2) is 0 Å². The van der Waals surface area contributed by atoms with Crippen LogP contribution in [0.25, 0.3) is 0 Å². The van der Waals surface area contributed by atoms with Crippen molar-refractivity contribution in [1.29, 1.82) is 0 Å². The number of hydrazone groups is 1. The van der Waals surface area contributed by atoms with Gasteiger partial charge in [-0.1, -0.05) is 6.92 Å². The number of anilines is 1. The van der Waals surface area contributed by atoms with Crippen LogP contribution in [0.2, 0.25) is 0 Å². The molecule has 11 heteroatoms. The summed E-state index contributed by atoms with van der Waals surface area (Å²) in [5.74, 6) is -0.384. The maximum Gasteiger partial charge on any atom is 0.363 e. The molecule has 1 aromatic carbocycles. The Morgan fingerprint density at radius 3 is 2.33 bits per heavy atom. The third kappa shape index (κ3) is 4.19. The molecule has 0 aliphatic carbocycles. The zero-order chi connectivity index (χ0) is 16.0. The van der Waals surface area contributed by atoms with Gasteiger partial charge in [0.1, 0.15) is 0 Å². The number of rotatable bonds is 6. The van der Waals surface area contributed by atoms with Crippen LogP contribution in [0.5, 0.6) is 0 Å². The summed E-state index contributed by atoms with van der Waals surface area (Å²) in [5, 5.41) is 35.6. The van der Waals surface area contributed by atoms with E-state index in [-0.39, 0.29) is 17.9 Å². The third-order valence-electron chi connectivity index (χ3n) is 2.38. The SMILES string of the molecule is CCC/C(=N\Nc1ccc([N+](=O)[O-])cc1[N+](=O)[O-])[N+](=O)[O-]. The van der Waals surface area contributed by atoms with E-state index in [1.165, 1.54) is 0 Å². The van der Waals surface area contributed by atoms with Crippen molar-refractivity contribution < 1.29 is 14.8 Å². The Balaban J connectivity index is 3.13. The fourth-order valence-electron chi connectivity index (χ4n) is 1.42. The fourth-order valence-corrected chi connectivity index (χ4v) is 1.42. The Kier molecular flexibility index (Phi) is 5.23. The summed E-state index contributed by atoms with van der Waals surface area (Å²) in [4.78, 5) is 29.8. The van der Waals surface area contributed by atoms with E-state index in [1.54, 1.807) is 6.92 Å². The van der Waals surface area contributed by atoms with Crippen molar-refractivity contribution in [2.24, 2.45) is 5.10 Å². The van der Waals surface area contributed by atoms with E-state index in [2.05, 4.69) is 10.5 Å². The minimum atomic E-state index is -0.837. The Morgan fingerprint density at radius 2 is 1.86 bits per heavy atom. The molecule has 1 N–H and O–H groups in total. The molecule has 0 heterocycles. The lowest BCUT2D eigenvalue weighted by molar-refractivity contribution is -0.393. The maximum absolute atomic E-state index is 10.9. The van der Waals surface area contributed by atoms with Crippen LogP contribution < -0.4 is 5.43 Å². The molecule has 0 aliphatic heterocycles. The number of hydrogen-bond acceptors (Lipinski definition) is 8. The molecule has 21 heavy (non-hydrogen) atoms. The van der Waals surface area contributed by atoms with Crippen LogP contribution in [0.3, 0.4) is 0 Å². The van der Waals surface area contributed by atoms with Crippen LogP contribution >= 0.6 is 0 Å². The smallest absolute Gasteiger partial charge is 0.358 e. The molecule has 0 aromatic heterocycles. The molecule has 0 aliphatic rings. The summed E-state index contributed by atoms with van der Waals surface area (Å²) in [7, 11) is 0. The fraction of sp³-hybridized carbons (Fsp3) is 0.300. The average Bonchev–Trinajstić information content (AvgIpc) is 2.42. The highest BCUT2D eigenvalue weighted by Gasteiger charge is 2.21. The number of nitrogens with one attached hydrogen (secondary N) is 1. The normalized spacial score (nSPS) is 11.0. The van der Waals surface area contributed by atoms with Crippen molar-refractivity contribution in [2.45, 2.75) is 19.8 Å². The third-order valence-corrected chi connectivity index (χ3v) is 2.38. The van der Waals surface area contributed by atoms with E-state index in [0.29, 0.717) is 6.42 Å². The van der Waals surface area contributed by atoms with Crippen molar-refractivity contribution >= 4 is 22.9 Å². The molecule has 0 saturated carbocycles. The Labute approximate surface area is 117 Å². The summed E-state index contributed by atoms with van der Waals surface area (Å²) >= 11 is 0. The van der Waals surface area contributed by atoms with Gasteiger partial charge in [0.2, 0.25) is 0 Å². The first-order valence-corrected chi connectivity index (χ1v) is 5.76. The molecular formula is C10H11N5O6. The lowest BCUT2D eigenvalue weighted by atomic mass is 10.2. The Bertz CT molecular complexity index is 614. The van der Waals surface area contributed by atoms with Gasteiger partial charge in [0.15, 0.2) is 5.69 Å². The largest absolute Gasteiger partial charge is 0.363 e. The van der Waals surface area contributed by atoms with Crippen LogP contribution in [0.1, 0.15) is 19.8 Å². The van der Waals surface area contributed by atoms with Gasteiger partial charge in [0.05, 0.1) is 27.4 Å². The molecule has 0 amide bonds. The highest BCUT2D eigenvalue weighted by molar-refractivity contribution is 5.76. The van der Waals surface area contributed by atoms with Gasteiger partial charge in [-0.05, 0) is 17.4 Å². The molecular weight excluding hydrogens is 286 g/mol. The van der Waals surface area contributed by atoms with Crippen molar-refractivity contribution in [1.82, 2.24) is 0 Å². The van der Waals surface area contributed by atoms with E-state index < -0.39 is 26.1 Å². The zero-order valence-electron chi connectivity index (χ0n) is 10.9. The second kappa shape index (κ2) is 6.88. The van der Waals surface area contributed by atoms with E-state index in [1.807, 2.05) is 0 Å². The van der Waals surface area contributed by atoms with Gasteiger partial charge in [-0.2, -0.15) is 5.43 Å². The predicted molar refractivity (Wildman–Crippen MR) is 72.7 cm³/mol. The second-order valence-corrected chi connectivity index (χ2v) is 3.86. The van der Waals surface area contributed by atoms with Gasteiger partial charge < -0.3 is 10.1 Å². The van der Waals surface area contributed by atoms with E-state index in [0.717, 1.165) is 18.2 Å². The molecule has 0 radical (unpaired) electrons. The van der Waals surface area contributed by atoms with Gasteiger partial charge in [0, 0.05) is 6.07 Å². The molecule has 0 bridgehead atoms. The lowest BCUT2D eigenvalue weighted by Crippen LogP contribution is -2.13. The minimum absolute atomic E-state index is 0.0841. The molecule has 112 valence electrons. The quantitative estimate of drug-likeness (QED) is 0.365. The highest BCUT2D eigenvalue weighted by atomic mass is 16.6. The van der Waals surface area contributed by atoms with Crippen molar-refractivity contribution in [3.05, 3.63) is 48.5 Å². The first-order valence-electron chi connectivity index (χ1n) is 5.76. The number of hydrogen-bond donors (Lipinski definition) is 1. The summed E-state index contributed by atoms with van der Waals surface area (Å²) in [5.41, 5.74) is 0.994. The maximum atomic E-state index is 10.9. The Morgan fingerprint density at radius 1 is 1.19 bits per heavy atom. The number of nitrogens with zero attached hydrogens (tertiary/aromatic N) is 4. The van der Waals surface area contributed by atoms with Gasteiger partial charge in [-0.15, -0.1) is 0 Å². The Hall–Kier alpha value is -3.11. The van der Waals surface area contributed by atoms with Crippen LogP contribution in [0, 0.1) is 30.3 Å². The monoisotopic (exact) mass is 297 g/mol. The van der Waals surface area contributed by atoms with Crippen LogP contribution in [0.4, 0.5) is 17.1 Å². The molecule has 0 fully saturated rings. The number of nitro groups is 3. The van der Waals surface area contributed by atoms with Crippen LogP contribution in [-0.2, 0) is 0 Å². The molecule has 0 spiro atoms. The van der Waals surface area contributed by atoms with E-state index in [9.17, 15) is 30.3 Å². The summed E-state index contributed by atoms with van der Waals surface area (Å²) in [6.07, 6.45) is 0.560. The van der Waals surface area contributed by atoms with Crippen LogP contribution in [-0.4, -0.2) is 20.6 Å². The standard InChI is InChI=1S/C10H11N5O6/c1-2-3-10(15(20)21)12-11-8-5-4-7(13(16)17)6-9(8)14(18)19/h4-6,11H,2-3H2,1H3/b12-10+. The van der Waals surface area contributed by atoms with Gasteiger partial charge >= 0.3 is 11.5 Å². The van der Waals surface area contributed by atoms with Crippen molar-refractivity contribution in [3.8, 4) is 0 Å². The molecule has 11 nitrogen and oxygen atoms in total. The second-order valence-electron chi connectivity index (χ2n) is 3.86. The summed E-state index contributed by atoms with van der Waals surface area (Å²) in [6.45, 7) is 1.72. The molecule has 1 rings (SSSR count). The molecule has 1 aromatic rings. The average molecular weight is 297 g/mol. The van der Waals surface area contributed by atoms with Crippen LogP contribution in [0.15, 0.2) is 23.3 Å². The number of benzene rings is 1. The first-order chi connectivity index (χ1) is 9.86. The number of amidine groups is 1. The van der Waals surface area contributed by atoms with Crippen molar-refractivity contribution in [3.63, 3.8) is 0 Å².